The number of amides is 2. The van der Waals surface area contributed by atoms with Crippen molar-refractivity contribution in [3.63, 3.8) is 0 Å². The lowest BCUT2D eigenvalue weighted by Crippen LogP contribution is -2.29. The topological polar surface area (TPSA) is 58.6 Å². The molecule has 0 aliphatic rings. The molecule has 1 atom stereocenters. The van der Waals surface area contributed by atoms with Crippen LogP contribution in [0.3, 0.4) is 0 Å². The van der Waals surface area contributed by atoms with Gasteiger partial charge in [0, 0.05) is 25.7 Å². The van der Waals surface area contributed by atoms with Gasteiger partial charge in [-0.15, -0.1) is 0 Å². The van der Waals surface area contributed by atoms with Crippen molar-refractivity contribution in [3.05, 3.63) is 41.5 Å². The highest BCUT2D eigenvalue weighted by atomic mass is 16.5. The van der Waals surface area contributed by atoms with Gasteiger partial charge >= 0.3 is 0 Å². The summed E-state index contributed by atoms with van der Waals surface area (Å²) in [5, 5.41) is 2.97. The van der Waals surface area contributed by atoms with Crippen LogP contribution in [-0.4, -0.2) is 37.4 Å². The number of carbonyl (C=O) groups excluding carboxylic acids is 2. The van der Waals surface area contributed by atoms with Crippen LogP contribution in [0.1, 0.15) is 38.8 Å². The zero-order valence-electron chi connectivity index (χ0n) is 14.6. The van der Waals surface area contributed by atoms with Crippen molar-refractivity contribution in [2.75, 3.05) is 20.7 Å². The Bertz CT molecular complexity index is 575. The summed E-state index contributed by atoms with van der Waals surface area (Å²) in [5.41, 5.74) is 1.82. The number of ether oxygens (including phenoxy) is 1. The van der Waals surface area contributed by atoms with Gasteiger partial charge in [-0.3, -0.25) is 9.59 Å². The molecule has 5 heteroatoms. The van der Waals surface area contributed by atoms with E-state index in [-0.39, 0.29) is 24.5 Å². The number of benzene rings is 1. The van der Waals surface area contributed by atoms with Crippen molar-refractivity contribution >= 4 is 11.8 Å². The van der Waals surface area contributed by atoms with Crippen molar-refractivity contribution in [3.8, 4) is 5.75 Å². The third-order valence-corrected chi connectivity index (χ3v) is 3.29. The van der Waals surface area contributed by atoms with Gasteiger partial charge in [-0.05, 0) is 26.3 Å². The fourth-order valence-electron chi connectivity index (χ4n) is 2.04. The van der Waals surface area contributed by atoms with E-state index < -0.39 is 0 Å². The summed E-state index contributed by atoms with van der Waals surface area (Å²) in [7, 11) is 3.37. The van der Waals surface area contributed by atoms with E-state index in [0.717, 1.165) is 17.6 Å². The molecule has 1 N–H and O–H groups in total. The lowest BCUT2D eigenvalue weighted by atomic mass is 10.0. The largest absolute Gasteiger partial charge is 0.483 e. The average molecular weight is 318 g/mol. The van der Waals surface area contributed by atoms with Crippen LogP contribution in [0.15, 0.2) is 35.9 Å². The molecule has 0 saturated carbocycles. The highest BCUT2D eigenvalue weighted by Gasteiger charge is 2.17. The summed E-state index contributed by atoms with van der Waals surface area (Å²) in [5.74, 6) is 0.379. The number of nitrogens with zero attached hydrogens (tertiary/aromatic N) is 1. The molecule has 0 spiro atoms. The van der Waals surface area contributed by atoms with Crippen molar-refractivity contribution < 1.29 is 14.3 Å². The number of likely N-dealkylation sites (N-methyl/N-ethyl adjacent to an activating group) is 1. The molecule has 0 fully saturated rings. The van der Waals surface area contributed by atoms with Crippen LogP contribution in [-0.2, 0) is 9.59 Å². The Labute approximate surface area is 138 Å². The molecule has 0 heterocycles. The molecule has 0 aliphatic heterocycles. The average Bonchev–Trinajstić information content (AvgIpc) is 2.49. The first-order valence-electron chi connectivity index (χ1n) is 7.72. The predicted molar refractivity (Wildman–Crippen MR) is 91.2 cm³/mol. The smallest absolute Gasteiger partial charge is 0.259 e. The Morgan fingerprint density at radius 3 is 2.48 bits per heavy atom. The van der Waals surface area contributed by atoms with E-state index in [2.05, 4.69) is 5.32 Å². The molecule has 0 aliphatic carbocycles. The summed E-state index contributed by atoms with van der Waals surface area (Å²) in [6.07, 6.45) is 2.30. The maximum Gasteiger partial charge on any atom is 0.259 e. The summed E-state index contributed by atoms with van der Waals surface area (Å²) in [6, 6.07) is 7.30. The van der Waals surface area contributed by atoms with Crippen LogP contribution in [0.25, 0.3) is 0 Å². The molecule has 1 aromatic rings. The van der Waals surface area contributed by atoms with Crippen LogP contribution in [0.2, 0.25) is 0 Å². The van der Waals surface area contributed by atoms with Gasteiger partial charge in [-0.1, -0.05) is 30.7 Å². The quantitative estimate of drug-likeness (QED) is 0.786. The summed E-state index contributed by atoms with van der Waals surface area (Å²) >= 11 is 0. The zero-order valence-corrected chi connectivity index (χ0v) is 14.6. The molecule has 1 aromatic carbocycles. The standard InChI is InChI=1S/C18H26N2O3/c1-6-15(19-17(21)11-13(2)3)14-9-7-8-10-16(14)23-12-18(22)20(4)5/h7-11,15H,6,12H2,1-5H3,(H,19,21). The Morgan fingerprint density at radius 2 is 1.91 bits per heavy atom. The maximum absolute atomic E-state index is 12.0. The van der Waals surface area contributed by atoms with Crippen LogP contribution in [0, 0.1) is 0 Å². The fraction of sp³-hybridized carbons (Fsp3) is 0.444. The van der Waals surface area contributed by atoms with E-state index in [1.807, 2.05) is 45.0 Å². The number of carbonyl (C=O) groups is 2. The number of nitrogens with one attached hydrogen (secondary N) is 1. The van der Waals surface area contributed by atoms with E-state index >= 15 is 0 Å². The lowest BCUT2D eigenvalue weighted by molar-refractivity contribution is -0.130. The van der Waals surface area contributed by atoms with Gasteiger partial charge in [0.15, 0.2) is 6.61 Å². The van der Waals surface area contributed by atoms with Crippen molar-refractivity contribution in [1.29, 1.82) is 0 Å². The molecule has 5 nitrogen and oxygen atoms in total. The highest BCUT2D eigenvalue weighted by Crippen LogP contribution is 2.27. The number of hydrogen-bond acceptors (Lipinski definition) is 3. The van der Waals surface area contributed by atoms with Crippen molar-refractivity contribution in [2.24, 2.45) is 0 Å². The van der Waals surface area contributed by atoms with E-state index in [1.54, 1.807) is 20.2 Å². The van der Waals surface area contributed by atoms with Gasteiger partial charge in [0.25, 0.3) is 5.91 Å². The third-order valence-electron chi connectivity index (χ3n) is 3.29. The number of allylic oxidation sites excluding steroid dienone is 1. The molecule has 1 unspecified atom stereocenters. The molecule has 2 amide bonds. The van der Waals surface area contributed by atoms with Gasteiger partial charge in [0.1, 0.15) is 5.75 Å². The SMILES string of the molecule is CCC(NC(=O)C=C(C)C)c1ccccc1OCC(=O)N(C)C. The number of rotatable bonds is 7. The monoisotopic (exact) mass is 318 g/mol. The Morgan fingerprint density at radius 1 is 1.26 bits per heavy atom. The summed E-state index contributed by atoms with van der Waals surface area (Å²) < 4.78 is 5.65. The van der Waals surface area contributed by atoms with E-state index in [0.29, 0.717) is 5.75 Å². The van der Waals surface area contributed by atoms with Gasteiger partial charge in [0.2, 0.25) is 5.91 Å². The van der Waals surface area contributed by atoms with Gasteiger partial charge < -0.3 is 15.0 Å². The number of para-hydroxylation sites is 1. The Kier molecular flexibility index (Phi) is 7.32. The minimum absolute atomic E-state index is 0.0254. The second kappa shape index (κ2) is 8.98. The summed E-state index contributed by atoms with van der Waals surface area (Å²) in [6.45, 7) is 5.73. The molecular weight excluding hydrogens is 292 g/mol. The molecule has 23 heavy (non-hydrogen) atoms. The van der Waals surface area contributed by atoms with Gasteiger partial charge in [-0.2, -0.15) is 0 Å². The van der Waals surface area contributed by atoms with E-state index in [1.165, 1.54) is 4.90 Å². The first-order valence-corrected chi connectivity index (χ1v) is 7.72. The van der Waals surface area contributed by atoms with Crippen LogP contribution < -0.4 is 10.1 Å². The van der Waals surface area contributed by atoms with Crippen LogP contribution in [0.5, 0.6) is 5.75 Å². The molecule has 1 rings (SSSR count). The van der Waals surface area contributed by atoms with Gasteiger partial charge in [-0.25, -0.2) is 0 Å². The minimum atomic E-state index is -0.163. The Balaban J connectivity index is 2.90. The Hall–Kier alpha value is -2.30. The lowest BCUT2D eigenvalue weighted by Gasteiger charge is -2.20. The highest BCUT2D eigenvalue weighted by molar-refractivity contribution is 5.88. The first kappa shape index (κ1) is 18.7. The second-order valence-corrected chi connectivity index (χ2v) is 5.81. The zero-order chi connectivity index (χ0) is 17.4. The second-order valence-electron chi connectivity index (χ2n) is 5.81. The summed E-state index contributed by atoms with van der Waals surface area (Å²) in [4.78, 5) is 25.1. The minimum Gasteiger partial charge on any atom is -0.483 e. The van der Waals surface area contributed by atoms with Crippen LogP contribution in [0.4, 0.5) is 0 Å². The molecule has 0 aromatic heterocycles. The maximum atomic E-state index is 12.0. The molecule has 126 valence electrons. The van der Waals surface area contributed by atoms with E-state index in [4.69, 9.17) is 4.74 Å². The molecule has 0 saturated heterocycles. The predicted octanol–water partition coefficient (Wildman–Crippen LogP) is 2.69. The first-order chi connectivity index (χ1) is 10.8. The third kappa shape index (κ3) is 6.14. The van der Waals surface area contributed by atoms with Gasteiger partial charge in [0.05, 0.1) is 6.04 Å². The molecule has 0 bridgehead atoms. The normalized spacial score (nSPS) is 11.3. The molecular formula is C18H26N2O3. The molecule has 0 radical (unpaired) electrons. The van der Waals surface area contributed by atoms with Crippen LogP contribution >= 0.6 is 0 Å². The van der Waals surface area contributed by atoms with Crippen molar-refractivity contribution in [1.82, 2.24) is 10.2 Å². The van der Waals surface area contributed by atoms with Crippen molar-refractivity contribution in [2.45, 2.75) is 33.2 Å². The van der Waals surface area contributed by atoms with E-state index in [9.17, 15) is 9.59 Å². The number of hydrogen-bond donors (Lipinski definition) is 1. The fourth-order valence-corrected chi connectivity index (χ4v) is 2.04.